The second-order valence-electron chi connectivity index (χ2n) is 6.48. The highest BCUT2D eigenvalue weighted by molar-refractivity contribution is 7.89. The molecular weight excluding hydrogens is 366 g/mol. The zero-order valence-electron chi connectivity index (χ0n) is 15.4. The molecule has 0 radical (unpaired) electrons. The predicted octanol–water partition coefficient (Wildman–Crippen LogP) is 2.67. The van der Waals surface area contributed by atoms with Crippen LogP contribution < -0.4 is 4.74 Å². The first-order valence-electron chi connectivity index (χ1n) is 8.83. The lowest BCUT2D eigenvalue weighted by atomic mass is 10.1. The molecule has 1 saturated heterocycles. The summed E-state index contributed by atoms with van der Waals surface area (Å²) in [6.07, 6.45) is -0.672. The molecule has 1 heterocycles. The maximum Gasteiger partial charge on any atom is 0.243 e. The lowest BCUT2D eigenvalue weighted by molar-refractivity contribution is 0.0730. The van der Waals surface area contributed by atoms with E-state index in [0.29, 0.717) is 37.6 Å². The molecule has 3 rings (SSSR count). The summed E-state index contributed by atoms with van der Waals surface area (Å²) >= 11 is 0. The number of ether oxygens (including phenoxy) is 2. The van der Waals surface area contributed by atoms with Crippen molar-refractivity contribution in [2.24, 2.45) is 0 Å². The molecule has 0 bridgehead atoms. The number of sulfonamides is 1. The number of aryl methyl sites for hydroxylation is 1. The minimum atomic E-state index is -3.54. The number of carbonyl (C=O) groups excluding carboxylic acids is 1. The molecule has 0 amide bonds. The maximum absolute atomic E-state index is 12.6. The van der Waals surface area contributed by atoms with Crippen LogP contribution in [0.5, 0.6) is 5.75 Å². The van der Waals surface area contributed by atoms with Crippen molar-refractivity contribution >= 4 is 15.8 Å². The van der Waals surface area contributed by atoms with E-state index in [-0.39, 0.29) is 10.7 Å². The number of ketones is 1. The highest BCUT2D eigenvalue weighted by atomic mass is 32.2. The molecule has 1 aliphatic rings. The second-order valence-corrected chi connectivity index (χ2v) is 8.42. The molecule has 0 spiro atoms. The third-order valence-corrected chi connectivity index (χ3v) is 6.36. The van der Waals surface area contributed by atoms with Crippen molar-refractivity contribution < 1.29 is 22.7 Å². The van der Waals surface area contributed by atoms with Crippen molar-refractivity contribution in [1.82, 2.24) is 4.31 Å². The van der Waals surface area contributed by atoms with Crippen LogP contribution in [0.1, 0.15) is 22.8 Å². The SMILES string of the molecule is Cc1ccc(C(=O)[C@@H](C)Oc2ccc(S(=O)(=O)N3CCOCC3)cc2)cc1. The van der Waals surface area contributed by atoms with E-state index in [1.165, 1.54) is 16.4 Å². The number of rotatable bonds is 6. The Morgan fingerprint density at radius 1 is 1.04 bits per heavy atom. The topological polar surface area (TPSA) is 72.9 Å². The fraction of sp³-hybridized carbons (Fsp3) is 0.350. The Morgan fingerprint density at radius 2 is 1.63 bits per heavy atom. The van der Waals surface area contributed by atoms with Gasteiger partial charge in [-0.2, -0.15) is 4.31 Å². The molecule has 1 atom stereocenters. The molecule has 2 aromatic rings. The molecule has 0 aliphatic carbocycles. The van der Waals surface area contributed by atoms with E-state index in [9.17, 15) is 13.2 Å². The van der Waals surface area contributed by atoms with Gasteiger partial charge in [0.25, 0.3) is 0 Å². The lowest BCUT2D eigenvalue weighted by Gasteiger charge is -2.26. The molecule has 7 heteroatoms. The Hall–Kier alpha value is -2.22. The molecule has 0 N–H and O–H groups in total. The van der Waals surface area contributed by atoms with E-state index in [1.54, 1.807) is 31.2 Å². The highest BCUT2D eigenvalue weighted by Gasteiger charge is 2.26. The van der Waals surface area contributed by atoms with Gasteiger partial charge in [0.15, 0.2) is 6.10 Å². The van der Waals surface area contributed by atoms with Gasteiger partial charge in [0, 0.05) is 18.7 Å². The average molecular weight is 389 g/mol. The van der Waals surface area contributed by atoms with E-state index in [1.807, 2.05) is 19.1 Å². The second kappa shape index (κ2) is 8.21. The van der Waals surface area contributed by atoms with Gasteiger partial charge in [-0.25, -0.2) is 8.42 Å². The van der Waals surface area contributed by atoms with E-state index in [0.717, 1.165) is 5.56 Å². The van der Waals surface area contributed by atoms with Gasteiger partial charge >= 0.3 is 0 Å². The summed E-state index contributed by atoms with van der Waals surface area (Å²) in [7, 11) is -3.54. The lowest BCUT2D eigenvalue weighted by Crippen LogP contribution is -2.40. The quantitative estimate of drug-likeness (QED) is 0.710. The Kier molecular flexibility index (Phi) is 5.94. The summed E-state index contributed by atoms with van der Waals surface area (Å²) in [6.45, 7) is 5.14. The Balaban J connectivity index is 1.68. The van der Waals surface area contributed by atoms with Crippen LogP contribution in [0, 0.1) is 6.92 Å². The Morgan fingerprint density at radius 3 is 2.22 bits per heavy atom. The fourth-order valence-electron chi connectivity index (χ4n) is 2.84. The highest BCUT2D eigenvalue weighted by Crippen LogP contribution is 2.21. The van der Waals surface area contributed by atoms with E-state index >= 15 is 0 Å². The molecule has 6 nitrogen and oxygen atoms in total. The third-order valence-electron chi connectivity index (χ3n) is 4.45. The van der Waals surface area contributed by atoms with Crippen LogP contribution >= 0.6 is 0 Å². The maximum atomic E-state index is 12.6. The first-order valence-corrected chi connectivity index (χ1v) is 10.3. The van der Waals surface area contributed by atoms with Gasteiger partial charge in [-0.15, -0.1) is 0 Å². The normalized spacial score (nSPS) is 16.7. The molecule has 27 heavy (non-hydrogen) atoms. The van der Waals surface area contributed by atoms with Crippen LogP contribution in [0.4, 0.5) is 0 Å². The zero-order valence-corrected chi connectivity index (χ0v) is 16.2. The molecule has 2 aromatic carbocycles. The minimum absolute atomic E-state index is 0.125. The number of nitrogens with zero attached hydrogens (tertiary/aromatic N) is 1. The van der Waals surface area contributed by atoms with Crippen LogP contribution in [-0.4, -0.2) is 50.9 Å². The minimum Gasteiger partial charge on any atom is -0.483 e. The van der Waals surface area contributed by atoms with Gasteiger partial charge < -0.3 is 9.47 Å². The van der Waals surface area contributed by atoms with E-state index in [4.69, 9.17) is 9.47 Å². The summed E-state index contributed by atoms with van der Waals surface area (Å²) in [5.74, 6) is 0.323. The summed E-state index contributed by atoms with van der Waals surface area (Å²) < 4.78 is 37.5. The van der Waals surface area contributed by atoms with Gasteiger partial charge in [-0.1, -0.05) is 29.8 Å². The molecule has 0 aromatic heterocycles. The van der Waals surface area contributed by atoms with Crippen molar-refractivity contribution in [2.45, 2.75) is 24.8 Å². The molecular formula is C20H23NO5S. The average Bonchev–Trinajstić information content (AvgIpc) is 2.69. The van der Waals surface area contributed by atoms with Gasteiger partial charge in [0.05, 0.1) is 18.1 Å². The Labute approximate surface area is 159 Å². The van der Waals surface area contributed by atoms with Crippen molar-refractivity contribution in [2.75, 3.05) is 26.3 Å². The number of carbonyl (C=O) groups is 1. The molecule has 0 unspecified atom stereocenters. The van der Waals surface area contributed by atoms with Crippen LogP contribution in [0.25, 0.3) is 0 Å². The number of Topliss-reactive ketones (excluding diaryl/α,β-unsaturated/α-hetero) is 1. The van der Waals surface area contributed by atoms with Crippen LogP contribution in [0.2, 0.25) is 0 Å². The van der Waals surface area contributed by atoms with Gasteiger partial charge in [-0.05, 0) is 38.1 Å². The van der Waals surface area contributed by atoms with Crippen LogP contribution in [-0.2, 0) is 14.8 Å². The fourth-order valence-corrected chi connectivity index (χ4v) is 4.24. The largest absolute Gasteiger partial charge is 0.483 e. The van der Waals surface area contributed by atoms with Gasteiger partial charge in [0.1, 0.15) is 5.75 Å². The van der Waals surface area contributed by atoms with Crippen LogP contribution in [0.15, 0.2) is 53.4 Å². The molecule has 1 aliphatic heterocycles. The first-order chi connectivity index (χ1) is 12.9. The molecule has 1 fully saturated rings. The summed E-state index contributed by atoms with van der Waals surface area (Å²) in [5, 5.41) is 0. The smallest absolute Gasteiger partial charge is 0.243 e. The van der Waals surface area contributed by atoms with E-state index < -0.39 is 16.1 Å². The predicted molar refractivity (Wildman–Crippen MR) is 102 cm³/mol. The van der Waals surface area contributed by atoms with Crippen molar-refractivity contribution in [3.63, 3.8) is 0 Å². The number of morpholine rings is 1. The standard InChI is InChI=1S/C20H23NO5S/c1-15-3-5-17(6-4-15)20(22)16(2)26-18-7-9-19(10-8-18)27(23,24)21-11-13-25-14-12-21/h3-10,16H,11-14H2,1-2H3/t16-/m1/s1. The monoisotopic (exact) mass is 389 g/mol. The summed E-state index contributed by atoms with van der Waals surface area (Å²) in [6, 6.07) is 13.5. The Bertz CT molecular complexity index is 885. The number of benzene rings is 2. The number of hydrogen-bond acceptors (Lipinski definition) is 5. The number of hydrogen-bond donors (Lipinski definition) is 0. The summed E-state index contributed by atoms with van der Waals surface area (Å²) in [5.41, 5.74) is 1.66. The third kappa shape index (κ3) is 4.55. The van der Waals surface area contributed by atoms with Gasteiger partial charge in [-0.3, -0.25) is 4.79 Å². The molecule has 0 saturated carbocycles. The van der Waals surface area contributed by atoms with Crippen molar-refractivity contribution in [3.05, 3.63) is 59.7 Å². The van der Waals surface area contributed by atoms with Crippen LogP contribution in [0.3, 0.4) is 0 Å². The first kappa shape index (κ1) is 19.5. The molecule has 144 valence electrons. The van der Waals surface area contributed by atoms with Crippen molar-refractivity contribution in [1.29, 1.82) is 0 Å². The van der Waals surface area contributed by atoms with Crippen molar-refractivity contribution in [3.8, 4) is 5.75 Å². The van der Waals surface area contributed by atoms with E-state index in [2.05, 4.69) is 0 Å². The zero-order chi connectivity index (χ0) is 19.4. The summed E-state index contributed by atoms with van der Waals surface area (Å²) in [4.78, 5) is 12.7. The van der Waals surface area contributed by atoms with Gasteiger partial charge in [0.2, 0.25) is 15.8 Å².